The summed E-state index contributed by atoms with van der Waals surface area (Å²) in [4.78, 5) is 13.6. The van der Waals surface area contributed by atoms with E-state index in [1.807, 2.05) is 13.8 Å². The topological polar surface area (TPSA) is 99.2 Å². The van der Waals surface area contributed by atoms with Crippen molar-refractivity contribution in [1.29, 1.82) is 0 Å². The van der Waals surface area contributed by atoms with E-state index in [1.165, 1.54) is 4.90 Å². The molecule has 1 amide bonds. The Balaban J connectivity index is 5.00. The lowest BCUT2D eigenvalue weighted by atomic mass is 9.89. The van der Waals surface area contributed by atoms with Crippen molar-refractivity contribution in [2.45, 2.75) is 33.7 Å². The number of amides is 1. The number of amidine groups is 1. The molecular weight excluding hydrogens is 210 g/mol. The van der Waals surface area contributed by atoms with Crippen molar-refractivity contribution in [3.8, 4) is 0 Å². The zero-order valence-electron chi connectivity index (χ0n) is 10.3. The van der Waals surface area contributed by atoms with Gasteiger partial charge in [-0.15, -0.1) is 0 Å². The molecule has 0 heterocycles. The Bertz CT molecular complexity index is 274. The van der Waals surface area contributed by atoms with Crippen molar-refractivity contribution in [3.05, 3.63) is 0 Å². The van der Waals surface area contributed by atoms with Crippen LogP contribution in [0.3, 0.4) is 0 Å². The number of rotatable bonds is 5. The van der Waals surface area contributed by atoms with Crippen molar-refractivity contribution < 1.29 is 15.1 Å². The van der Waals surface area contributed by atoms with E-state index in [2.05, 4.69) is 5.16 Å². The predicted molar refractivity (Wildman–Crippen MR) is 61.1 cm³/mol. The zero-order chi connectivity index (χ0) is 12.9. The third-order valence-corrected chi connectivity index (χ3v) is 2.51. The van der Waals surface area contributed by atoms with Gasteiger partial charge in [0.15, 0.2) is 5.84 Å². The first-order valence-corrected chi connectivity index (χ1v) is 5.19. The second-order valence-electron chi connectivity index (χ2n) is 4.43. The van der Waals surface area contributed by atoms with Crippen LogP contribution in [0, 0.1) is 5.41 Å². The first kappa shape index (κ1) is 14.7. The van der Waals surface area contributed by atoms with Crippen LogP contribution in [0.15, 0.2) is 5.16 Å². The number of nitrogens with zero attached hydrogens (tertiary/aromatic N) is 2. The number of hydrogen-bond acceptors (Lipinski definition) is 4. The molecule has 16 heavy (non-hydrogen) atoms. The molecule has 0 saturated carbocycles. The smallest absolute Gasteiger partial charge is 0.236 e. The van der Waals surface area contributed by atoms with Gasteiger partial charge in [-0.25, -0.2) is 0 Å². The largest absolute Gasteiger partial charge is 0.409 e. The molecule has 6 heteroatoms. The summed E-state index contributed by atoms with van der Waals surface area (Å²) in [5.41, 5.74) is 4.40. The van der Waals surface area contributed by atoms with Crippen molar-refractivity contribution in [1.82, 2.24) is 4.90 Å². The molecule has 0 aliphatic rings. The average Bonchev–Trinajstić information content (AvgIpc) is 2.23. The standard InChI is InChI=1S/C10H21N3O3/c1-7(2)13(5-6-14)9(15)10(3,4)8(11)12-16/h7,14,16H,5-6H2,1-4H3,(H2,11,12). The maximum atomic E-state index is 12.1. The summed E-state index contributed by atoms with van der Waals surface area (Å²) in [6.45, 7) is 6.97. The summed E-state index contributed by atoms with van der Waals surface area (Å²) >= 11 is 0. The van der Waals surface area contributed by atoms with E-state index < -0.39 is 5.41 Å². The fraction of sp³-hybridized carbons (Fsp3) is 0.800. The van der Waals surface area contributed by atoms with Crippen molar-refractivity contribution >= 4 is 11.7 Å². The Labute approximate surface area is 95.7 Å². The predicted octanol–water partition coefficient (Wildman–Crippen LogP) is -0.0117. The Morgan fingerprint density at radius 1 is 1.50 bits per heavy atom. The van der Waals surface area contributed by atoms with Crippen LogP contribution < -0.4 is 5.73 Å². The first-order valence-electron chi connectivity index (χ1n) is 5.19. The molecule has 94 valence electrons. The first-order chi connectivity index (χ1) is 7.28. The van der Waals surface area contributed by atoms with Gasteiger partial charge in [0.1, 0.15) is 5.41 Å². The Morgan fingerprint density at radius 3 is 2.31 bits per heavy atom. The normalized spacial score (nSPS) is 13.0. The fourth-order valence-electron chi connectivity index (χ4n) is 1.30. The van der Waals surface area contributed by atoms with Crippen molar-refractivity contribution in [2.75, 3.05) is 13.2 Å². The summed E-state index contributed by atoms with van der Waals surface area (Å²) in [6.07, 6.45) is 0. The van der Waals surface area contributed by atoms with Crippen LogP contribution in [0.1, 0.15) is 27.7 Å². The third-order valence-electron chi connectivity index (χ3n) is 2.51. The molecule has 0 aromatic heterocycles. The highest BCUT2D eigenvalue weighted by molar-refractivity contribution is 6.05. The van der Waals surface area contributed by atoms with Crippen LogP contribution in [0.2, 0.25) is 0 Å². The Morgan fingerprint density at radius 2 is 2.00 bits per heavy atom. The van der Waals surface area contributed by atoms with Crippen LogP contribution in [0.5, 0.6) is 0 Å². The van der Waals surface area contributed by atoms with Crippen molar-refractivity contribution in [3.63, 3.8) is 0 Å². The quantitative estimate of drug-likeness (QED) is 0.268. The molecule has 0 saturated heterocycles. The van der Waals surface area contributed by atoms with Crippen LogP contribution in [-0.4, -0.2) is 46.1 Å². The van der Waals surface area contributed by atoms with Crippen LogP contribution in [0.4, 0.5) is 0 Å². The highest BCUT2D eigenvalue weighted by Crippen LogP contribution is 2.20. The molecule has 4 N–H and O–H groups in total. The monoisotopic (exact) mass is 231 g/mol. The number of nitrogens with two attached hydrogens (primary N) is 1. The average molecular weight is 231 g/mol. The number of aliphatic hydroxyl groups is 1. The van der Waals surface area contributed by atoms with Crippen LogP contribution >= 0.6 is 0 Å². The molecule has 0 atom stereocenters. The molecule has 0 aliphatic carbocycles. The highest BCUT2D eigenvalue weighted by atomic mass is 16.4. The van der Waals surface area contributed by atoms with E-state index >= 15 is 0 Å². The lowest BCUT2D eigenvalue weighted by Gasteiger charge is -2.33. The summed E-state index contributed by atoms with van der Waals surface area (Å²) in [6, 6.07) is -0.0505. The number of hydrogen-bond donors (Lipinski definition) is 3. The molecule has 0 unspecified atom stereocenters. The van der Waals surface area contributed by atoms with Gasteiger partial charge in [0, 0.05) is 12.6 Å². The molecule has 0 bridgehead atoms. The second-order valence-corrected chi connectivity index (χ2v) is 4.43. The maximum absolute atomic E-state index is 12.1. The van der Waals surface area contributed by atoms with Gasteiger partial charge in [0.25, 0.3) is 0 Å². The lowest BCUT2D eigenvalue weighted by Crippen LogP contribution is -2.51. The molecule has 0 radical (unpaired) electrons. The molecule has 6 nitrogen and oxygen atoms in total. The van der Waals surface area contributed by atoms with Gasteiger partial charge < -0.3 is 20.9 Å². The van der Waals surface area contributed by atoms with Gasteiger partial charge in [-0.2, -0.15) is 0 Å². The minimum atomic E-state index is -1.08. The van der Waals surface area contributed by atoms with Gasteiger partial charge in [0.2, 0.25) is 5.91 Å². The highest BCUT2D eigenvalue weighted by Gasteiger charge is 2.37. The van der Waals surface area contributed by atoms with Gasteiger partial charge >= 0.3 is 0 Å². The summed E-state index contributed by atoms with van der Waals surface area (Å²) in [5, 5.41) is 20.4. The number of oxime groups is 1. The summed E-state index contributed by atoms with van der Waals surface area (Å²) < 4.78 is 0. The maximum Gasteiger partial charge on any atom is 0.236 e. The van der Waals surface area contributed by atoms with Gasteiger partial charge in [0.05, 0.1) is 6.61 Å². The summed E-state index contributed by atoms with van der Waals surface area (Å²) in [5.74, 6) is -0.409. The number of carbonyl (C=O) groups is 1. The molecule has 0 aromatic carbocycles. The van der Waals surface area contributed by atoms with Crippen LogP contribution in [0.25, 0.3) is 0 Å². The lowest BCUT2D eigenvalue weighted by molar-refractivity contribution is -0.139. The Hall–Kier alpha value is -1.30. The number of aliphatic hydroxyl groups excluding tert-OH is 1. The van der Waals surface area contributed by atoms with Gasteiger partial charge in [-0.05, 0) is 27.7 Å². The third kappa shape index (κ3) is 3.10. The van der Waals surface area contributed by atoms with Gasteiger partial charge in [-0.1, -0.05) is 5.16 Å². The van der Waals surface area contributed by atoms with E-state index in [4.69, 9.17) is 16.0 Å². The molecule has 0 aromatic rings. The molecule has 0 aliphatic heterocycles. The Kier molecular flexibility index (Phi) is 5.23. The van der Waals surface area contributed by atoms with Gasteiger partial charge in [-0.3, -0.25) is 4.79 Å². The minimum Gasteiger partial charge on any atom is -0.409 e. The molecule has 0 spiro atoms. The van der Waals surface area contributed by atoms with E-state index in [-0.39, 0.29) is 30.9 Å². The minimum absolute atomic E-state index is 0.0505. The zero-order valence-corrected chi connectivity index (χ0v) is 10.3. The number of carbonyl (C=O) groups excluding carboxylic acids is 1. The molecular formula is C10H21N3O3. The molecule has 0 fully saturated rings. The molecule has 0 rings (SSSR count). The van der Waals surface area contributed by atoms with E-state index in [0.29, 0.717) is 0 Å². The second kappa shape index (κ2) is 5.69. The van der Waals surface area contributed by atoms with Crippen molar-refractivity contribution in [2.24, 2.45) is 16.3 Å². The van der Waals surface area contributed by atoms with Crippen LogP contribution in [-0.2, 0) is 4.79 Å². The SMILES string of the molecule is CC(C)N(CCO)C(=O)C(C)(C)C(N)=NO. The fourth-order valence-corrected chi connectivity index (χ4v) is 1.30. The van der Waals surface area contributed by atoms with E-state index in [1.54, 1.807) is 13.8 Å². The summed E-state index contributed by atoms with van der Waals surface area (Å²) in [7, 11) is 0. The van der Waals surface area contributed by atoms with E-state index in [9.17, 15) is 4.79 Å². The van der Waals surface area contributed by atoms with E-state index in [0.717, 1.165) is 0 Å².